The number of rotatable bonds is 0. The van der Waals surface area contributed by atoms with E-state index in [0.29, 0.717) is 18.0 Å². The molecule has 3 atom stereocenters. The maximum absolute atomic E-state index is 4.60. The van der Waals surface area contributed by atoms with Crippen LogP contribution in [0.4, 0.5) is 5.69 Å². The molecule has 3 heteroatoms. The first-order valence-electron chi connectivity index (χ1n) is 7.77. The fraction of sp³-hybridized carbons (Fsp3) is 0.500. The monoisotopic (exact) mass is 283 g/mol. The van der Waals surface area contributed by atoms with E-state index in [1.54, 1.807) is 0 Å². The quantitative estimate of drug-likeness (QED) is 0.722. The van der Waals surface area contributed by atoms with Crippen molar-refractivity contribution in [3.63, 3.8) is 0 Å². The standard InChI is InChI=1S/C18H25N3/c1-7-15-17(19-5)21-16-10-11(2)8-9-14(16)12(3)13(4)18(21)20(15)6/h7-10,12-13,18H,1-6H3. The van der Waals surface area contributed by atoms with E-state index < -0.39 is 0 Å². The minimum absolute atomic E-state index is 0.360. The molecule has 3 unspecified atom stereocenters. The summed E-state index contributed by atoms with van der Waals surface area (Å²) in [6, 6.07) is 6.83. The molecule has 1 aromatic carbocycles. The molecule has 0 aliphatic carbocycles. The Morgan fingerprint density at radius 1 is 1.24 bits per heavy atom. The second-order valence-electron chi connectivity index (χ2n) is 6.33. The van der Waals surface area contributed by atoms with E-state index in [1.807, 2.05) is 7.05 Å². The van der Waals surface area contributed by atoms with E-state index in [-0.39, 0.29) is 0 Å². The minimum Gasteiger partial charge on any atom is -0.351 e. The number of hydrogen-bond acceptors (Lipinski definition) is 2. The van der Waals surface area contributed by atoms with Gasteiger partial charge in [0.25, 0.3) is 0 Å². The lowest BCUT2D eigenvalue weighted by molar-refractivity contribution is 0.233. The fourth-order valence-corrected chi connectivity index (χ4v) is 3.91. The zero-order chi connectivity index (χ0) is 15.3. The van der Waals surface area contributed by atoms with Crippen LogP contribution >= 0.6 is 0 Å². The molecule has 112 valence electrons. The number of aliphatic imine (C=N–C) groups is 1. The van der Waals surface area contributed by atoms with E-state index in [0.717, 1.165) is 5.84 Å². The molecule has 2 heterocycles. The summed E-state index contributed by atoms with van der Waals surface area (Å²) in [6.07, 6.45) is 2.53. The number of aryl methyl sites for hydroxylation is 1. The van der Waals surface area contributed by atoms with Crippen LogP contribution in [0.3, 0.4) is 0 Å². The predicted molar refractivity (Wildman–Crippen MR) is 89.9 cm³/mol. The first-order chi connectivity index (χ1) is 10.0. The van der Waals surface area contributed by atoms with Gasteiger partial charge < -0.3 is 9.80 Å². The number of amidine groups is 1. The highest BCUT2D eigenvalue weighted by Crippen LogP contribution is 2.47. The largest absolute Gasteiger partial charge is 0.351 e. The summed E-state index contributed by atoms with van der Waals surface area (Å²) in [5.41, 5.74) is 5.31. The molecule has 0 radical (unpaired) electrons. The minimum atomic E-state index is 0.360. The molecule has 0 amide bonds. The maximum atomic E-state index is 4.60. The average molecular weight is 283 g/mol. The summed E-state index contributed by atoms with van der Waals surface area (Å²) in [6.45, 7) is 8.96. The van der Waals surface area contributed by atoms with Crippen molar-refractivity contribution in [3.8, 4) is 0 Å². The van der Waals surface area contributed by atoms with Gasteiger partial charge >= 0.3 is 0 Å². The van der Waals surface area contributed by atoms with Gasteiger partial charge in [-0.25, -0.2) is 0 Å². The molecule has 2 aliphatic heterocycles. The van der Waals surface area contributed by atoms with Crippen molar-refractivity contribution in [1.82, 2.24) is 4.90 Å². The van der Waals surface area contributed by atoms with Crippen LogP contribution in [-0.4, -0.2) is 31.0 Å². The van der Waals surface area contributed by atoms with Crippen molar-refractivity contribution in [2.24, 2.45) is 10.9 Å². The van der Waals surface area contributed by atoms with Gasteiger partial charge in [0, 0.05) is 25.7 Å². The lowest BCUT2D eigenvalue weighted by Crippen LogP contribution is -2.48. The van der Waals surface area contributed by atoms with Crippen LogP contribution in [0.1, 0.15) is 37.8 Å². The number of anilines is 1. The van der Waals surface area contributed by atoms with Gasteiger partial charge in [0.05, 0.1) is 5.70 Å². The molecule has 1 fully saturated rings. The molecule has 0 spiro atoms. The second kappa shape index (κ2) is 4.90. The number of allylic oxidation sites excluding steroid dienone is 1. The van der Waals surface area contributed by atoms with Gasteiger partial charge in [-0.15, -0.1) is 0 Å². The molecule has 1 saturated heterocycles. The van der Waals surface area contributed by atoms with Crippen LogP contribution < -0.4 is 4.90 Å². The molecule has 21 heavy (non-hydrogen) atoms. The normalized spacial score (nSPS) is 31.8. The highest BCUT2D eigenvalue weighted by atomic mass is 15.5. The van der Waals surface area contributed by atoms with Crippen molar-refractivity contribution in [2.75, 3.05) is 19.0 Å². The van der Waals surface area contributed by atoms with E-state index in [1.165, 1.54) is 22.5 Å². The lowest BCUT2D eigenvalue weighted by Gasteiger charge is -2.43. The fourth-order valence-electron chi connectivity index (χ4n) is 3.91. The third-order valence-corrected chi connectivity index (χ3v) is 5.18. The van der Waals surface area contributed by atoms with E-state index in [9.17, 15) is 0 Å². The van der Waals surface area contributed by atoms with Crippen LogP contribution in [0.15, 0.2) is 35.0 Å². The summed E-state index contributed by atoms with van der Waals surface area (Å²) in [7, 11) is 4.09. The third-order valence-electron chi connectivity index (χ3n) is 5.18. The smallest absolute Gasteiger partial charge is 0.153 e. The number of likely N-dealkylation sites (N-methyl/N-ethyl adjacent to an activating group) is 1. The predicted octanol–water partition coefficient (Wildman–Crippen LogP) is 3.76. The van der Waals surface area contributed by atoms with Gasteiger partial charge in [0.1, 0.15) is 6.17 Å². The molecular formula is C18H25N3. The van der Waals surface area contributed by atoms with Crippen molar-refractivity contribution >= 4 is 11.5 Å². The molecular weight excluding hydrogens is 258 g/mol. The summed E-state index contributed by atoms with van der Waals surface area (Å²) in [5, 5.41) is 0. The highest BCUT2D eigenvalue weighted by molar-refractivity contribution is 6.12. The van der Waals surface area contributed by atoms with Crippen LogP contribution in [0.25, 0.3) is 0 Å². The van der Waals surface area contributed by atoms with Gasteiger partial charge in [-0.05, 0) is 37.0 Å². The zero-order valence-corrected chi connectivity index (χ0v) is 13.9. The molecule has 3 rings (SSSR count). The zero-order valence-electron chi connectivity index (χ0n) is 13.9. The Labute approximate surface area is 128 Å². The lowest BCUT2D eigenvalue weighted by atomic mass is 9.81. The maximum Gasteiger partial charge on any atom is 0.153 e. The van der Waals surface area contributed by atoms with Crippen LogP contribution in [-0.2, 0) is 0 Å². The highest BCUT2D eigenvalue weighted by Gasteiger charge is 2.47. The topological polar surface area (TPSA) is 18.8 Å². The Morgan fingerprint density at radius 2 is 1.95 bits per heavy atom. The summed E-state index contributed by atoms with van der Waals surface area (Å²) in [5.74, 6) is 2.20. The molecule has 2 aliphatic rings. The van der Waals surface area contributed by atoms with Crippen molar-refractivity contribution in [1.29, 1.82) is 0 Å². The van der Waals surface area contributed by atoms with Gasteiger partial charge in [0.2, 0.25) is 0 Å². The molecule has 0 N–H and O–H groups in total. The van der Waals surface area contributed by atoms with Crippen molar-refractivity contribution < 1.29 is 0 Å². The van der Waals surface area contributed by atoms with E-state index in [2.05, 4.69) is 73.8 Å². The number of fused-ring (bicyclic) bond motifs is 3. The number of nitrogens with zero attached hydrogens (tertiary/aromatic N) is 3. The van der Waals surface area contributed by atoms with Gasteiger partial charge in [-0.1, -0.05) is 32.1 Å². The number of benzene rings is 1. The SMILES string of the molecule is CC=C1C(=NC)N2c3cc(C)ccc3C(C)C(C)C2N1C. The van der Waals surface area contributed by atoms with Crippen LogP contribution in [0.5, 0.6) is 0 Å². The second-order valence-corrected chi connectivity index (χ2v) is 6.33. The Balaban J connectivity index is 2.25. The van der Waals surface area contributed by atoms with Gasteiger partial charge in [0.15, 0.2) is 5.84 Å². The first-order valence-corrected chi connectivity index (χ1v) is 7.77. The molecule has 0 aromatic heterocycles. The van der Waals surface area contributed by atoms with Gasteiger partial charge in [-0.3, -0.25) is 4.99 Å². The van der Waals surface area contributed by atoms with E-state index >= 15 is 0 Å². The first kappa shape index (κ1) is 14.2. The Kier molecular flexibility index (Phi) is 3.31. The van der Waals surface area contributed by atoms with Crippen molar-refractivity contribution in [3.05, 3.63) is 41.1 Å². The molecule has 3 nitrogen and oxygen atoms in total. The number of hydrogen-bond donors (Lipinski definition) is 0. The summed E-state index contributed by atoms with van der Waals surface area (Å²) in [4.78, 5) is 9.41. The van der Waals surface area contributed by atoms with Gasteiger partial charge in [-0.2, -0.15) is 0 Å². The molecule has 0 saturated carbocycles. The molecule has 1 aromatic rings. The van der Waals surface area contributed by atoms with E-state index in [4.69, 9.17) is 0 Å². The Hall–Kier alpha value is -1.77. The van der Waals surface area contributed by atoms with Crippen LogP contribution in [0.2, 0.25) is 0 Å². The average Bonchev–Trinajstić information content (AvgIpc) is 2.76. The van der Waals surface area contributed by atoms with Crippen molar-refractivity contribution in [2.45, 2.75) is 39.8 Å². The molecule has 0 bridgehead atoms. The third kappa shape index (κ3) is 1.83. The summed E-state index contributed by atoms with van der Waals surface area (Å²) < 4.78 is 0. The summed E-state index contributed by atoms with van der Waals surface area (Å²) >= 11 is 0. The van der Waals surface area contributed by atoms with Crippen LogP contribution in [0, 0.1) is 12.8 Å². The Morgan fingerprint density at radius 3 is 2.57 bits per heavy atom. The Bertz CT molecular complexity index is 629.